The molecule has 3 aromatic heterocycles. The second-order valence-corrected chi connectivity index (χ2v) is 9.28. The lowest BCUT2D eigenvalue weighted by molar-refractivity contribution is 0.102. The maximum atomic E-state index is 13.2. The minimum Gasteiger partial charge on any atom is -0.383 e. The van der Waals surface area contributed by atoms with E-state index in [0.717, 1.165) is 33.8 Å². The SMILES string of the molecule is COCC(C)n1c(C)cc(C(=O)CSc2nnc(-c3cccnc3)n2-c2ccccc2C)c1C. The molecule has 0 N–H and O–H groups in total. The van der Waals surface area contributed by atoms with Gasteiger partial charge in [0.2, 0.25) is 0 Å². The highest BCUT2D eigenvalue weighted by Gasteiger charge is 2.22. The number of Topliss-reactive ketones (excluding diaryl/α,β-unsaturated/α-hetero) is 1. The number of carbonyl (C=O) groups excluding carboxylic acids is 1. The topological polar surface area (TPSA) is 74.8 Å². The fourth-order valence-corrected chi connectivity index (χ4v) is 5.17. The van der Waals surface area contributed by atoms with Gasteiger partial charge in [0.05, 0.1) is 24.1 Å². The summed E-state index contributed by atoms with van der Waals surface area (Å²) in [7, 11) is 1.69. The number of hydrogen-bond acceptors (Lipinski definition) is 6. The van der Waals surface area contributed by atoms with Crippen LogP contribution in [0.25, 0.3) is 17.1 Å². The van der Waals surface area contributed by atoms with Gasteiger partial charge in [-0.25, -0.2) is 0 Å². The number of nitrogens with zero attached hydrogens (tertiary/aromatic N) is 5. The summed E-state index contributed by atoms with van der Waals surface area (Å²) >= 11 is 1.40. The van der Waals surface area contributed by atoms with E-state index in [1.165, 1.54) is 11.8 Å². The average Bonchev–Trinajstić information content (AvgIpc) is 3.38. The van der Waals surface area contributed by atoms with Crippen molar-refractivity contribution in [2.75, 3.05) is 19.5 Å². The number of aromatic nitrogens is 5. The summed E-state index contributed by atoms with van der Waals surface area (Å²) in [5.41, 5.74) is 5.69. The van der Waals surface area contributed by atoms with Crippen LogP contribution in [0.4, 0.5) is 0 Å². The third kappa shape index (κ3) is 4.69. The maximum Gasteiger partial charge on any atom is 0.196 e. The predicted molar refractivity (Wildman–Crippen MR) is 135 cm³/mol. The van der Waals surface area contributed by atoms with Gasteiger partial charge in [-0.3, -0.25) is 14.3 Å². The molecule has 4 rings (SSSR count). The lowest BCUT2D eigenvalue weighted by Crippen LogP contribution is -2.15. The fraction of sp³-hybridized carbons (Fsp3) is 0.308. The highest BCUT2D eigenvalue weighted by atomic mass is 32.2. The van der Waals surface area contributed by atoms with Crippen molar-refractivity contribution >= 4 is 17.5 Å². The molecule has 0 aliphatic rings. The molecule has 176 valence electrons. The van der Waals surface area contributed by atoms with E-state index in [2.05, 4.69) is 39.7 Å². The summed E-state index contributed by atoms with van der Waals surface area (Å²) in [6.45, 7) is 8.76. The largest absolute Gasteiger partial charge is 0.383 e. The lowest BCUT2D eigenvalue weighted by atomic mass is 10.2. The Kier molecular flexibility index (Phi) is 7.29. The summed E-state index contributed by atoms with van der Waals surface area (Å²) < 4.78 is 9.49. The van der Waals surface area contributed by atoms with Crippen molar-refractivity contribution in [1.82, 2.24) is 24.3 Å². The van der Waals surface area contributed by atoms with E-state index in [0.29, 0.717) is 17.6 Å². The summed E-state index contributed by atoms with van der Waals surface area (Å²) in [4.78, 5) is 17.5. The molecule has 7 nitrogen and oxygen atoms in total. The van der Waals surface area contributed by atoms with Crippen molar-refractivity contribution in [1.29, 1.82) is 0 Å². The van der Waals surface area contributed by atoms with Crippen LogP contribution in [0.1, 0.15) is 40.3 Å². The Labute approximate surface area is 204 Å². The number of ether oxygens (including phenoxy) is 1. The van der Waals surface area contributed by atoms with Crippen molar-refractivity contribution in [3.63, 3.8) is 0 Å². The third-order valence-electron chi connectivity index (χ3n) is 5.88. The Hall–Kier alpha value is -3.23. The van der Waals surface area contributed by atoms with Crippen LogP contribution in [0.2, 0.25) is 0 Å². The Morgan fingerprint density at radius 3 is 2.62 bits per heavy atom. The zero-order valence-electron chi connectivity index (χ0n) is 20.1. The van der Waals surface area contributed by atoms with Gasteiger partial charge >= 0.3 is 0 Å². The van der Waals surface area contributed by atoms with Gasteiger partial charge in [-0.2, -0.15) is 0 Å². The zero-order chi connectivity index (χ0) is 24.2. The van der Waals surface area contributed by atoms with Crippen LogP contribution in [0.15, 0.2) is 60.0 Å². The van der Waals surface area contributed by atoms with Gasteiger partial charge in [-0.15, -0.1) is 10.2 Å². The van der Waals surface area contributed by atoms with Gasteiger partial charge in [0.15, 0.2) is 16.8 Å². The first-order valence-electron chi connectivity index (χ1n) is 11.2. The number of aryl methyl sites for hydroxylation is 2. The molecule has 34 heavy (non-hydrogen) atoms. The van der Waals surface area contributed by atoms with Crippen LogP contribution < -0.4 is 0 Å². The Bertz CT molecular complexity index is 1300. The third-order valence-corrected chi connectivity index (χ3v) is 6.80. The molecule has 1 atom stereocenters. The van der Waals surface area contributed by atoms with E-state index in [1.54, 1.807) is 19.5 Å². The van der Waals surface area contributed by atoms with Gasteiger partial charge in [-0.05, 0) is 57.5 Å². The maximum absolute atomic E-state index is 13.2. The number of methoxy groups -OCH3 is 1. The summed E-state index contributed by atoms with van der Waals surface area (Å²) in [5.74, 6) is 1.03. The molecule has 8 heteroatoms. The molecular formula is C26H29N5O2S. The van der Waals surface area contributed by atoms with Crippen molar-refractivity contribution in [2.45, 2.75) is 38.9 Å². The van der Waals surface area contributed by atoms with Crippen molar-refractivity contribution in [2.24, 2.45) is 0 Å². The van der Waals surface area contributed by atoms with Crippen molar-refractivity contribution in [3.8, 4) is 17.1 Å². The van der Waals surface area contributed by atoms with Gasteiger partial charge in [0, 0.05) is 42.0 Å². The normalized spacial score (nSPS) is 12.1. The quantitative estimate of drug-likeness (QED) is 0.243. The molecule has 1 unspecified atom stereocenters. The molecule has 0 saturated heterocycles. The number of para-hydroxylation sites is 1. The first-order chi connectivity index (χ1) is 16.4. The standard InChI is InChI=1S/C26H29N5O2S/c1-17-9-6-7-11-23(17)31-25(21-10-8-12-27-14-21)28-29-26(31)34-16-24(32)22-13-18(2)30(20(22)4)19(3)15-33-5/h6-14,19H,15-16H2,1-5H3. The van der Waals surface area contributed by atoms with Crippen LogP contribution in [-0.4, -0.2) is 49.6 Å². The molecule has 0 aliphatic carbocycles. The predicted octanol–water partition coefficient (Wildman–Crippen LogP) is 5.24. The van der Waals surface area contributed by atoms with E-state index in [4.69, 9.17) is 4.74 Å². The number of benzene rings is 1. The van der Waals surface area contributed by atoms with Gasteiger partial charge < -0.3 is 9.30 Å². The van der Waals surface area contributed by atoms with Crippen LogP contribution in [0, 0.1) is 20.8 Å². The molecule has 0 radical (unpaired) electrons. The summed E-state index contributed by atoms with van der Waals surface area (Å²) in [6, 6.07) is 14.1. The number of carbonyl (C=O) groups is 1. The molecule has 1 aromatic carbocycles. The first kappa shape index (κ1) is 23.9. The van der Waals surface area contributed by atoms with Crippen LogP contribution in [0.3, 0.4) is 0 Å². The van der Waals surface area contributed by atoms with Gasteiger partial charge in [0.1, 0.15) is 0 Å². The fourth-order valence-electron chi connectivity index (χ4n) is 4.34. The van der Waals surface area contributed by atoms with E-state index in [-0.39, 0.29) is 17.6 Å². The summed E-state index contributed by atoms with van der Waals surface area (Å²) in [5, 5.41) is 9.57. The molecule has 0 aliphatic heterocycles. The molecule has 0 spiro atoms. The van der Waals surface area contributed by atoms with E-state index >= 15 is 0 Å². The highest BCUT2D eigenvalue weighted by molar-refractivity contribution is 7.99. The molecule has 0 saturated carbocycles. The Morgan fingerprint density at radius 1 is 1.12 bits per heavy atom. The molecule has 3 heterocycles. The van der Waals surface area contributed by atoms with E-state index in [1.807, 2.05) is 54.8 Å². The van der Waals surface area contributed by atoms with Crippen LogP contribution >= 0.6 is 11.8 Å². The zero-order valence-corrected chi connectivity index (χ0v) is 21.0. The molecule has 0 amide bonds. The van der Waals surface area contributed by atoms with Crippen molar-refractivity contribution in [3.05, 3.63) is 77.4 Å². The Morgan fingerprint density at radius 2 is 1.91 bits per heavy atom. The Balaban J connectivity index is 1.65. The lowest BCUT2D eigenvalue weighted by Gasteiger charge is -2.17. The number of pyridine rings is 1. The molecular weight excluding hydrogens is 446 g/mol. The second-order valence-electron chi connectivity index (χ2n) is 8.34. The smallest absolute Gasteiger partial charge is 0.196 e. The van der Waals surface area contributed by atoms with Crippen LogP contribution in [-0.2, 0) is 4.74 Å². The minimum atomic E-state index is 0.0660. The van der Waals surface area contributed by atoms with Gasteiger partial charge in [0.25, 0.3) is 0 Å². The summed E-state index contributed by atoms with van der Waals surface area (Å²) in [6.07, 6.45) is 3.50. The number of ketones is 1. The number of hydrogen-bond donors (Lipinski definition) is 0. The average molecular weight is 476 g/mol. The molecule has 4 aromatic rings. The number of rotatable bonds is 9. The highest BCUT2D eigenvalue weighted by Crippen LogP contribution is 2.30. The minimum absolute atomic E-state index is 0.0660. The van der Waals surface area contributed by atoms with E-state index in [9.17, 15) is 4.79 Å². The first-order valence-corrected chi connectivity index (χ1v) is 12.2. The van der Waals surface area contributed by atoms with E-state index < -0.39 is 0 Å². The van der Waals surface area contributed by atoms with Crippen LogP contribution in [0.5, 0.6) is 0 Å². The molecule has 0 fully saturated rings. The molecule has 0 bridgehead atoms. The van der Waals surface area contributed by atoms with Crippen molar-refractivity contribution < 1.29 is 9.53 Å². The second kappa shape index (κ2) is 10.4. The number of thioether (sulfide) groups is 1. The van der Waals surface area contributed by atoms with Gasteiger partial charge in [-0.1, -0.05) is 30.0 Å². The monoisotopic (exact) mass is 475 g/mol.